The number of nitrogens with zero attached hydrogens (tertiary/aromatic N) is 1. The van der Waals surface area contributed by atoms with Gasteiger partial charge in [-0.1, -0.05) is 20.4 Å². The van der Waals surface area contributed by atoms with Crippen LogP contribution in [-0.2, 0) is 4.74 Å². The van der Waals surface area contributed by atoms with Crippen molar-refractivity contribution in [3.63, 3.8) is 0 Å². The molecular formula is C9H15NO2. The van der Waals surface area contributed by atoms with Crippen molar-refractivity contribution in [2.45, 2.75) is 26.0 Å². The molecule has 3 heteroatoms. The molecule has 0 aromatic carbocycles. The zero-order valence-electron chi connectivity index (χ0n) is 7.78. The van der Waals surface area contributed by atoms with Gasteiger partial charge in [0.15, 0.2) is 0 Å². The van der Waals surface area contributed by atoms with Gasteiger partial charge < -0.3 is 9.64 Å². The minimum atomic E-state index is -0.251. The molecule has 1 rings (SSSR count). The molecule has 1 aliphatic heterocycles. The van der Waals surface area contributed by atoms with Crippen LogP contribution in [0.4, 0.5) is 4.79 Å². The van der Waals surface area contributed by atoms with Crippen molar-refractivity contribution in [2.75, 3.05) is 7.05 Å². The monoisotopic (exact) mass is 169 g/mol. The smallest absolute Gasteiger partial charge is 0.410 e. The molecule has 0 bridgehead atoms. The van der Waals surface area contributed by atoms with Crippen LogP contribution < -0.4 is 0 Å². The summed E-state index contributed by atoms with van der Waals surface area (Å²) in [7, 11) is 1.76. The first kappa shape index (κ1) is 9.10. The molecule has 1 fully saturated rings. The Bertz CT molecular complexity index is 201. The van der Waals surface area contributed by atoms with Crippen LogP contribution in [0.25, 0.3) is 0 Å². The third kappa shape index (κ3) is 1.31. The summed E-state index contributed by atoms with van der Waals surface area (Å²) in [5.41, 5.74) is 0. The number of likely N-dealkylation sites (N-methyl/N-ethyl adjacent to an activating group) is 1. The van der Waals surface area contributed by atoms with E-state index in [1.165, 1.54) is 0 Å². The van der Waals surface area contributed by atoms with Crippen LogP contribution in [0.15, 0.2) is 12.7 Å². The van der Waals surface area contributed by atoms with Crippen LogP contribution in [0.5, 0.6) is 0 Å². The molecule has 1 heterocycles. The molecular weight excluding hydrogens is 154 g/mol. The highest BCUT2D eigenvalue weighted by molar-refractivity contribution is 5.70. The predicted molar refractivity (Wildman–Crippen MR) is 46.9 cm³/mol. The fraction of sp³-hybridized carbons (Fsp3) is 0.667. The molecule has 0 radical (unpaired) electrons. The van der Waals surface area contributed by atoms with Gasteiger partial charge in [-0.3, -0.25) is 0 Å². The van der Waals surface area contributed by atoms with E-state index in [0.717, 1.165) is 0 Å². The molecule has 0 aliphatic carbocycles. The molecule has 0 aromatic rings. The van der Waals surface area contributed by atoms with E-state index in [4.69, 9.17) is 4.74 Å². The minimum Gasteiger partial charge on any atom is -0.440 e. The number of carbonyl (C=O) groups is 1. The number of amides is 1. The van der Waals surface area contributed by atoms with Crippen LogP contribution >= 0.6 is 0 Å². The molecule has 0 aromatic heterocycles. The Kier molecular flexibility index (Phi) is 2.40. The van der Waals surface area contributed by atoms with Crippen molar-refractivity contribution in [3.8, 4) is 0 Å². The van der Waals surface area contributed by atoms with Gasteiger partial charge in [-0.2, -0.15) is 0 Å². The SMILES string of the molecule is C=C[C@@H]1OC(=O)N(C)[C@@H]1C(C)C. The topological polar surface area (TPSA) is 29.5 Å². The van der Waals surface area contributed by atoms with Gasteiger partial charge in [0, 0.05) is 7.05 Å². The third-order valence-electron chi connectivity index (χ3n) is 2.22. The van der Waals surface area contributed by atoms with E-state index in [9.17, 15) is 4.79 Å². The summed E-state index contributed by atoms with van der Waals surface area (Å²) in [6, 6.07) is 0.134. The number of hydrogen-bond acceptors (Lipinski definition) is 2. The lowest BCUT2D eigenvalue weighted by Gasteiger charge is -2.22. The first-order valence-corrected chi connectivity index (χ1v) is 4.14. The summed E-state index contributed by atoms with van der Waals surface area (Å²) in [6.45, 7) is 7.78. The molecule has 1 saturated heterocycles. The Labute approximate surface area is 73.0 Å². The maximum absolute atomic E-state index is 11.1. The van der Waals surface area contributed by atoms with Crippen molar-refractivity contribution < 1.29 is 9.53 Å². The molecule has 12 heavy (non-hydrogen) atoms. The highest BCUT2D eigenvalue weighted by Gasteiger charge is 2.39. The number of cyclic esters (lactones) is 1. The number of ether oxygens (including phenoxy) is 1. The third-order valence-corrected chi connectivity index (χ3v) is 2.22. The molecule has 0 N–H and O–H groups in total. The van der Waals surface area contributed by atoms with Crippen LogP contribution in [0, 0.1) is 5.92 Å². The zero-order valence-corrected chi connectivity index (χ0v) is 7.78. The van der Waals surface area contributed by atoms with Crippen molar-refractivity contribution in [3.05, 3.63) is 12.7 Å². The van der Waals surface area contributed by atoms with Crippen molar-refractivity contribution in [1.82, 2.24) is 4.90 Å². The second kappa shape index (κ2) is 3.17. The summed E-state index contributed by atoms with van der Waals surface area (Å²) in [5, 5.41) is 0. The van der Waals surface area contributed by atoms with Crippen molar-refractivity contribution in [2.24, 2.45) is 5.92 Å². The average Bonchev–Trinajstić information content (AvgIpc) is 2.28. The molecule has 0 unspecified atom stereocenters. The number of rotatable bonds is 2. The van der Waals surface area contributed by atoms with Gasteiger partial charge >= 0.3 is 6.09 Å². The lowest BCUT2D eigenvalue weighted by molar-refractivity contribution is 0.147. The Morgan fingerprint density at radius 3 is 2.58 bits per heavy atom. The molecule has 3 nitrogen and oxygen atoms in total. The molecule has 0 spiro atoms. The van der Waals surface area contributed by atoms with E-state index in [0.29, 0.717) is 5.92 Å². The van der Waals surface area contributed by atoms with Crippen molar-refractivity contribution >= 4 is 6.09 Å². The van der Waals surface area contributed by atoms with E-state index in [2.05, 4.69) is 20.4 Å². The zero-order chi connectivity index (χ0) is 9.30. The van der Waals surface area contributed by atoms with Gasteiger partial charge in [-0.05, 0) is 12.0 Å². The summed E-state index contributed by atoms with van der Waals surface area (Å²) in [4.78, 5) is 12.8. The first-order chi connectivity index (χ1) is 5.57. The summed E-state index contributed by atoms with van der Waals surface area (Å²) in [5.74, 6) is 0.393. The molecule has 1 aliphatic rings. The van der Waals surface area contributed by atoms with Crippen LogP contribution in [-0.4, -0.2) is 30.2 Å². The van der Waals surface area contributed by atoms with Gasteiger partial charge in [-0.15, -0.1) is 0 Å². The number of carbonyl (C=O) groups excluding carboxylic acids is 1. The number of hydrogen-bond donors (Lipinski definition) is 0. The highest BCUT2D eigenvalue weighted by Crippen LogP contribution is 2.24. The molecule has 1 amide bonds. The van der Waals surface area contributed by atoms with E-state index >= 15 is 0 Å². The van der Waals surface area contributed by atoms with Crippen LogP contribution in [0.3, 0.4) is 0 Å². The lowest BCUT2D eigenvalue weighted by atomic mass is 9.98. The standard InChI is InChI=1S/C9H15NO2/c1-5-7-8(6(2)3)10(4)9(11)12-7/h5-8H,1H2,2-4H3/t7-,8+/m0/s1. The maximum atomic E-state index is 11.1. The molecule has 68 valence electrons. The normalized spacial score (nSPS) is 29.3. The molecule has 0 saturated carbocycles. The Morgan fingerprint density at radius 1 is 1.67 bits per heavy atom. The van der Waals surface area contributed by atoms with Gasteiger partial charge in [0.25, 0.3) is 0 Å². The van der Waals surface area contributed by atoms with E-state index in [-0.39, 0.29) is 18.2 Å². The van der Waals surface area contributed by atoms with Gasteiger partial charge in [0.2, 0.25) is 0 Å². The van der Waals surface area contributed by atoms with Gasteiger partial charge in [0.05, 0.1) is 6.04 Å². The lowest BCUT2D eigenvalue weighted by Crippen LogP contribution is -2.37. The fourth-order valence-corrected chi connectivity index (χ4v) is 1.63. The Morgan fingerprint density at radius 2 is 2.25 bits per heavy atom. The summed E-state index contributed by atoms with van der Waals surface area (Å²) < 4.78 is 5.07. The summed E-state index contributed by atoms with van der Waals surface area (Å²) in [6.07, 6.45) is 1.28. The molecule has 2 atom stereocenters. The van der Waals surface area contributed by atoms with E-state index in [1.807, 2.05) is 0 Å². The second-order valence-electron chi connectivity index (χ2n) is 3.43. The van der Waals surface area contributed by atoms with Crippen LogP contribution in [0.2, 0.25) is 0 Å². The largest absolute Gasteiger partial charge is 0.440 e. The maximum Gasteiger partial charge on any atom is 0.410 e. The van der Waals surface area contributed by atoms with Crippen LogP contribution in [0.1, 0.15) is 13.8 Å². The van der Waals surface area contributed by atoms with E-state index < -0.39 is 0 Å². The van der Waals surface area contributed by atoms with Gasteiger partial charge in [0.1, 0.15) is 6.10 Å². The average molecular weight is 169 g/mol. The second-order valence-corrected chi connectivity index (χ2v) is 3.43. The Hall–Kier alpha value is -0.990. The Balaban J connectivity index is 2.80. The quantitative estimate of drug-likeness (QED) is 0.588. The van der Waals surface area contributed by atoms with E-state index in [1.54, 1.807) is 18.0 Å². The highest BCUT2D eigenvalue weighted by atomic mass is 16.6. The predicted octanol–water partition coefficient (Wildman–Crippen LogP) is 1.65. The minimum absolute atomic E-state index is 0.134. The fourth-order valence-electron chi connectivity index (χ4n) is 1.63. The summed E-state index contributed by atoms with van der Waals surface area (Å²) >= 11 is 0. The van der Waals surface area contributed by atoms with Crippen molar-refractivity contribution in [1.29, 1.82) is 0 Å². The van der Waals surface area contributed by atoms with Gasteiger partial charge in [-0.25, -0.2) is 4.79 Å². The first-order valence-electron chi connectivity index (χ1n) is 4.14.